The molecular weight excluding hydrogens is 130 g/mol. The highest BCUT2D eigenvalue weighted by Crippen LogP contribution is 2.04. The molecule has 0 fully saturated rings. The average molecular weight is 145 g/mol. The van der Waals surface area contributed by atoms with Crippen molar-refractivity contribution in [3.8, 4) is 0 Å². The maximum absolute atomic E-state index is 10.00. The Morgan fingerprint density at radius 3 is 2.40 bits per heavy atom. The van der Waals surface area contributed by atoms with Crippen LogP contribution in [-0.4, -0.2) is 23.5 Å². The monoisotopic (exact) mass is 145 g/mol. The van der Waals surface area contributed by atoms with Crippen molar-refractivity contribution in [1.29, 1.82) is 0 Å². The minimum Gasteiger partial charge on any atom is -0.384 e. The first-order chi connectivity index (χ1) is 4.57. The molecule has 0 amide bonds. The van der Waals surface area contributed by atoms with Crippen LogP contribution in [0.4, 0.5) is 0 Å². The minimum atomic E-state index is -0.998. The van der Waals surface area contributed by atoms with Crippen LogP contribution in [-0.2, 0) is 4.79 Å². The number of aliphatic hydroxyl groups excluding tert-OH is 1. The van der Waals surface area contributed by atoms with E-state index in [0.29, 0.717) is 18.6 Å². The lowest BCUT2D eigenvalue weighted by Crippen LogP contribution is -2.36. The molecule has 0 radical (unpaired) electrons. The highest BCUT2D eigenvalue weighted by molar-refractivity contribution is 5.56. The average Bonchev–Trinajstić information content (AvgIpc) is 1.85. The van der Waals surface area contributed by atoms with Gasteiger partial charge in [0.2, 0.25) is 0 Å². The van der Waals surface area contributed by atoms with Gasteiger partial charge in [-0.1, -0.05) is 13.8 Å². The van der Waals surface area contributed by atoms with Gasteiger partial charge in [0.1, 0.15) is 12.4 Å². The third-order valence-corrected chi connectivity index (χ3v) is 1.32. The fraction of sp³-hybridized carbons (Fsp3) is 0.857. The third kappa shape index (κ3) is 3.58. The summed E-state index contributed by atoms with van der Waals surface area (Å²) >= 11 is 0. The van der Waals surface area contributed by atoms with Gasteiger partial charge in [0.25, 0.3) is 0 Å². The maximum Gasteiger partial charge on any atom is 0.150 e. The number of rotatable bonds is 4. The van der Waals surface area contributed by atoms with Crippen molar-refractivity contribution >= 4 is 6.29 Å². The van der Waals surface area contributed by atoms with Crippen LogP contribution in [0, 0.1) is 5.92 Å². The summed E-state index contributed by atoms with van der Waals surface area (Å²) in [6.07, 6.45) is 0.162. The molecule has 0 aromatic heterocycles. The summed E-state index contributed by atoms with van der Waals surface area (Å²) in [6, 6.07) is -0.405. The van der Waals surface area contributed by atoms with Crippen molar-refractivity contribution in [1.82, 2.24) is 0 Å². The van der Waals surface area contributed by atoms with E-state index in [2.05, 4.69) is 0 Å². The third-order valence-electron chi connectivity index (χ3n) is 1.32. The van der Waals surface area contributed by atoms with Crippen LogP contribution < -0.4 is 5.73 Å². The van der Waals surface area contributed by atoms with E-state index >= 15 is 0 Å². The molecule has 0 aromatic rings. The van der Waals surface area contributed by atoms with Gasteiger partial charge in [-0.3, -0.25) is 0 Å². The Hall–Kier alpha value is -0.410. The molecule has 0 aliphatic carbocycles. The molecule has 0 saturated heterocycles. The summed E-state index contributed by atoms with van der Waals surface area (Å²) < 4.78 is 0. The van der Waals surface area contributed by atoms with E-state index in [4.69, 9.17) is 10.8 Å². The Labute approximate surface area is 61.2 Å². The molecule has 3 heteroatoms. The van der Waals surface area contributed by atoms with Crippen LogP contribution in [0.25, 0.3) is 0 Å². The van der Waals surface area contributed by atoms with Gasteiger partial charge in [0.15, 0.2) is 0 Å². The Balaban J connectivity index is 3.60. The van der Waals surface area contributed by atoms with E-state index < -0.39 is 12.1 Å². The molecule has 0 rings (SSSR count). The quantitative estimate of drug-likeness (QED) is 0.544. The smallest absolute Gasteiger partial charge is 0.150 e. The molecule has 0 spiro atoms. The lowest BCUT2D eigenvalue weighted by Gasteiger charge is -2.15. The van der Waals surface area contributed by atoms with Crippen molar-refractivity contribution in [3.63, 3.8) is 0 Å². The Morgan fingerprint density at radius 2 is 2.10 bits per heavy atom. The van der Waals surface area contributed by atoms with Gasteiger partial charge in [-0.2, -0.15) is 0 Å². The van der Waals surface area contributed by atoms with Gasteiger partial charge in [-0.15, -0.1) is 0 Å². The van der Waals surface area contributed by atoms with E-state index in [-0.39, 0.29) is 0 Å². The first kappa shape index (κ1) is 9.59. The second kappa shape index (κ2) is 4.41. The van der Waals surface area contributed by atoms with Crippen molar-refractivity contribution in [3.05, 3.63) is 0 Å². The van der Waals surface area contributed by atoms with Crippen LogP contribution in [0.5, 0.6) is 0 Å². The van der Waals surface area contributed by atoms with E-state index in [1.54, 1.807) is 0 Å². The minimum absolute atomic E-state index is 0.405. The van der Waals surface area contributed by atoms with Gasteiger partial charge in [-0.05, 0) is 12.3 Å². The van der Waals surface area contributed by atoms with Crippen LogP contribution in [0.15, 0.2) is 0 Å². The SMILES string of the molecule is CC(C)C[C@@H](N)C(O)C=O. The Bertz CT molecular complexity index is 104. The van der Waals surface area contributed by atoms with Gasteiger partial charge in [0.05, 0.1) is 0 Å². The predicted octanol–water partition coefficient (Wildman–Crippen LogP) is -0.0804. The Kier molecular flexibility index (Phi) is 4.23. The maximum atomic E-state index is 10.00. The van der Waals surface area contributed by atoms with E-state index in [9.17, 15) is 4.79 Å². The number of nitrogens with two attached hydrogens (primary N) is 1. The molecule has 3 N–H and O–H groups in total. The van der Waals surface area contributed by atoms with Crippen molar-refractivity contribution in [2.24, 2.45) is 11.7 Å². The molecule has 60 valence electrons. The van der Waals surface area contributed by atoms with Gasteiger partial charge >= 0.3 is 0 Å². The zero-order valence-electron chi connectivity index (χ0n) is 6.45. The van der Waals surface area contributed by atoms with Crippen molar-refractivity contribution in [2.75, 3.05) is 0 Å². The molecule has 0 aliphatic rings. The van der Waals surface area contributed by atoms with Crippen LogP contribution >= 0.6 is 0 Å². The first-order valence-electron chi connectivity index (χ1n) is 3.47. The summed E-state index contributed by atoms with van der Waals surface area (Å²) in [5, 5.41) is 8.88. The normalized spacial score (nSPS) is 16.9. The molecule has 0 aliphatic heterocycles. The summed E-state index contributed by atoms with van der Waals surface area (Å²) in [4.78, 5) is 10.00. The van der Waals surface area contributed by atoms with Crippen molar-refractivity contribution < 1.29 is 9.90 Å². The van der Waals surface area contributed by atoms with Gasteiger partial charge < -0.3 is 15.6 Å². The molecule has 0 bridgehead atoms. The molecule has 0 aromatic carbocycles. The summed E-state index contributed by atoms with van der Waals surface area (Å²) in [6.45, 7) is 3.99. The highest BCUT2D eigenvalue weighted by atomic mass is 16.3. The van der Waals surface area contributed by atoms with Crippen LogP contribution in [0.1, 0.15) is 20.3 Å². The summed E-state index contributed by atoms with van der Waals surface area (Å²) in [5.74, 6) is 0.421. The van der Waals surface area contributed by atoms with E-state index in [1.165, 1.54) is 0 Å². The van der Waals surface area contributed by atoms with Crippen molar-refractivity contribution in [2.45, 2.75) is 32.4 Å². The second-order valence-electron chi connectivity index (χ2n) is 2.92. The zero-order valence-corrected chi connectivity index (χ0v) is 6.45. The number of carbonyl (C=O) groups excluding carboxylic acids is 1. The lowest BCUT2D eigenvalue weighted by atomic mass is 10.0. The van der Waals surface area contributed by atoms with E-state index in [0.717, 1.165) is 0 Å². The fourth-order valence-corrected chi connectivity index (χ4v) is 0.785. The largest absolute Gasteiger partial charge is 0.384 e. The fourth-order valence-electron chi connectivity index (χ4n) is 0.785. The zero-order chi connectivity index (χ0) is 8.15. The Morgan fingerprint density at radius 1 is 1.60 bits per heavy atom. The predicted molar refractivity (Wildman–Crippen MR) is 39.5 cm³/mol. The standard InChI is InChI=1S/C7H15NO2/c1-5(2)3-6(8)7(10)4-9/h4-7,10H,3,8H2,1-2H3/t6-,7?/m1/s1. The lowest BCUT2D eigenvalue weighted by molar-refractivity contribution is -0.115. The van der Waals surface area contributed by atoms with Crippen LogP contribution in [0.3, 0.4) is 0 Å². The molecule has 3 nitrogen and oxygen atoms in total. The van der Waals surface area contributed by atoms with Gasteiger partial charge in [0, 0.05) is 6.04 Å². The molecule has 0 heterocycles. The number of hydrogen-bond acceptors (Lipinski definition) is 3. The second-order valence-corrected chi connectivity index (χ2v) is 2.92. The van der Waals surface area contributed by atoms with E-state index in [1.807, 2.05) is 13.8 Å². The number of carbonyl (C=O) groups is 1. The molecule has 1 unspecified atom stereocenters. The number of aliphatic hydroxyl groups is 1. The first-order valence-corrected chi connectivity index (χ1v) is 3.47. The number of aldehydes is 1. The summed E-state index contributed by atoms with van der Waals surface area (Å²) in [7, 11) is 0. The molecule has 10 heavy (non-hydrogen) atoms. The molecular formula is C7H15NO2. The van der Waals surface area contributed by atoms with Gasteiger partial charge in [-0.25, -0.2) is 0 Å². The number of hydrogen-bond donors (Lipinski definition) is 2. The van der Waals surface area contributed by atoms with Crippen LogP contribution in [0.2, 0.25) is 0 Å². The topological polar surface area (TPSA) is 63.3 Å². The highest BCUT2D eigenvalue weighted by Gasteiger charge is 2.14. The molecule has 0 saturated carbocycles. The summed E-state index contributed by atoms with van der Waals surface area (Å²) in [5.41, 5.74) is 5.45. The molecule has 2 atom stereocenters.